The van der Waals surface area contributed by atoms with Crippen molar-refractivity contribution in [2.45, 2.75) is 51.4 Å². The van der Waals surface area contributed by atoms with E-state index in [9.17, 15) is 0 Å². The first-order chi connectivity index (χ1) is 25.5. The van der Waals surface area contributed by atoms with Gasteiger partial charge < -0.3 is 0 Å². The van der Waals surface area contributed by atoms with E-state index in [4.69, 9.17) is 0 Å². The lowest BCUT2D eigenvalue weighted by atomic mass is 9.99. The Morgan fingerprint density at radius 1 is 0.250 bits per heavy atom. The zero-order chi connectivity index (χ0) is 36.4. The van der Waals surface area contributed by atoms with Crippen molar-refractivity contribution in [3.8, 4) is 0 Å². The number of hydrogen-bond acceptors (Lipinski definition) is 0. The molecule has 260 valence electrons. The Hall–Kier alpha value is -5.72. The van der Waals surface area contributed by atoms with Crippen molar-refractivity contribution in [2.24, 2.45) is 0 Å². The number of aryl methyl sites for hydroxylation is 8. The van der Waals surface area contributed by atoms with Crippen LogP contribution >= 0.6 is 0 Å². The molecule has 6 rings (SSSR count). The summed E-state index contributed by atoms with van der Waals surface area (Å²) in [6.07, 6.45) is 16.2. The fourth-order valence-electron chi connectivity index (χ4n) is 6.40. The summed E-state index contributed by atoms with van der Waals surface area (Å²) in [5.74, 6) is 0. The largest absolute Gasteiger partial charge is 0.0985 e. The van der Waals surface area contributed by atoms with Crippen LogP contribution in [0.3, 0.4) is 0 Å². The molecule has 0 spiro atoms. The van der Waals surface area contributed by atoms with Crippen LogP contribution in [0.2, 0.25) is 0 Å². The molecule has 0 fully saturated rings. The van der Waals surface area contributed by atoms with Gasteiger partial charge in [-0.05, 0) is 118 Å². The van der Waals surface area contributed by atoms with E-state index in [1.54, 1.807) is 0 Å². The van der Waals surface area contributed by atoms with Crippen molar-refractivity contribution in [1.82, 2.24) is 0 Å². The normalized spacial score (nSPS) is 10.5. The van der Waals surface area contributed by atoms with Crippen LogP contribution in [0.15, 0.2) is 172 Å². The average molecular weight is 677 g/mol. The molecule has 0 heterocycles. The highest BCUT2D eigenvalue weighted by atomic mass is 14.1. The Labute approximate surface area is 313 Å². The van der Waals surface area contributed by atoms with Gasteiger partial charge in [0.25, 0.3) is 0 Å². The molecule has 0 N–H and O–H groups in total. The smallest absolute Gasteiger partial charge is 0.0238 e. The van der Waals surface area contributed by atoms with Crippen molar-refractivity contribution in [2.75, 3.05) is 0 Å². The third-order valence-electron chi connectivity index (χ3n) is 9.60. The molecule has 0 saturated carbocycles. The number of benzene rings is 6. The summed E-state index contributed by atoms with van der Waals surface area (Å²) in [5.41, 5.74) is 15.8. The van der Waals surface area contributed by atoms with E-state index in [0.29, 0.717) is 0 Å². The summed E-state index contributed by atoms with van der Waals surface area (Å²) in [5, 5.41) is 0. The Morgan fingerprint density at radius 2 is 0.442 bits per heavy atom. The Kier molecular flexibility index (Phi) is 14.6. The van der Waals surface area contributed by atoms with Crippen molar-refractivity contribution in [3.05, 3.63) is 239 Å². The van der Waals surface area contributed by atoms with Crippen LogP contribution in [-0.2, 0) is 51.4 Å². The Balaban J connectivity index is 0.000000201. The SMILES string of the molecule is C=Cc1cccc(CCc2ccc(CCc3cccc(C=C)c3)cc2)c1.C=Cc1cccc(CCc2ccc(CCc3cccc(C=C)c3)cc2)c1. The van der Waals surface area contributed by atoms with Gasteiger partial charge in [0.15, 0.2) is 0 Å². The molecule has 0 nitrogen and oxygen atoms in total. The standard InChI is InChI=1S/2C26H26/c2*1-3-21-7-5-9-25(19-21)17-15-23-11-13-24(14-12-23)16-18-26-10-6-8-22(4-2)20-26/h2*3-14,19-20H,1-2,15-18H2. The maximum atomic E-state index is 3.84. The molecule has 0 heteroatoms. The molecule has 0 saturated heterocycles. The van der Waals surface area contributed by atoms with Crippen LogP contribution in [0.25, 0.3) is 24.3 Å². The van der Waals surface area contributed by atoms with Crippen LogP contribution in [-0.4, -0.2) is 0 Å². The minimum absolute atomic E-state index is 1.06. The van der Waals surface area contributed by atoms with E-state index >= 15 is 0 Å². The van der Waals surface area contributed by atoms with Gasteiger partial charge in [0.05, 0.1) is 0 Å². The molecule has 0 unspecified atom stereocenters. The molecule has 6 aromatic carbocycles. The summed E-state index contributed by atoms with van der Waals surface area (Å²) < 4.78 is 0. The third kappa shape index (κ3) is 12.3. The maximum absolute atomic E-state index is 3.84. The predicted octanol–water partition coefficient (Wildman–Crippen LogP) is 13.1. The molecule has 52 heavy (non-hydrogen) atoms. The Morgan fingerprint density at radius 3 is 0.635 bits per heavy atom. The monoisotopic (exact) mass is 676 g/mol. The molecule has 0 bridgehead atoms. The molecule has 0 amide bonds. The lowest BCUT2D eigenvalue weighted by Crippen LogP contribution is -1.94. The molecule has 0 radical (unpaired) electrons. The quantitative estimate of drug-likeness (QED) is 0.0957. The van der Waals surface area contributed by atoms with Crippen molar-refractivity contribution >= 4 is 24.3 Å². The first kappa shape index (κ1) is 37.5. The average Bonchev–Trinajstić information content (AvgIpc) is 3.22. The fourth-order valence-corrected chi connectivity index (χ4v) is 6.40. The van der Waals surface area contributed by atoms with Crippen LogP contribution in [0.5, 0.6) is 0 Å². The van der Waals surface area contributed by atoms with Gasteiger partial charge in [-0.2, -0.15) is 0 Å². The fraction of sp³-hybridized carbons (Fsp3) is 0.154. The van der Waals surface area contributed by atoms with Crippen LogP contribution in [0, 0.1) is 0 Å². The van der Waals surface area contributed by atoms with Gasteiger partial charge in [-0.3, -0.25) is 0 Å². The van der Waals surface area contributed by atoms with E-state index in [-0.39, 0.29) is 0 Å². The lowest BCUT2D eigenvalue weighted by molar-refractivity contribution is 0.939. The summed E-state index contributed by atoms with van der Waals surface area (Å²) in [4.78, 5) is 0. The topological polar surface area (TPSA) is 0 Å². The molecule has 0 aromatic heterocycles. The molecular weight excluding hydrogens is 625 g/mol. The predicted molar refractivity (Wildman–Crippen MR) is 229 cm³/mol. The van der Waals surface area contributed by atoms with E-state index in [1.807, 2.05) is 24.3 Å². The molecule has 0 aliphatic carbocycles. The van der Waals surface area contributed by atoms with Crippen LogP contribution in [0.4, 0.5) is 0 Å². The van der Waals surface area contributed by atoms with Crippen molar-refractivity contribution in [3.63, 3.8) is 0 Å². The highest BCUT2D eigenvalue weighted by Crippen LogP contribution is 2.16. The van der Waals surface area contributed by atoms with Gasteiger partial charge in [0.1, 0.15) is 0 Å². The minimum atomic E-state index is 1.06. The summed E-state index contributed by atoms with van der Waals surface area (Å²) in [6, 6.07) is 52.6. The highest BCUT2D eigenvalue weighted by Gasteiger charge is 2.02. The van der Waals surface area contributed by atoms with Crippen LogP contribution in [0.1, 0.15) is 66.8 Å². The zero-order valence-corrected chi connectivity index (χ0v) is 30.7. The second-order valence-electron chi connectivity index (χ2n) is 13.4. The van der Waals surface area contributed by atoms with Gasteiger partial charge in [-0.1, -0.05) is 196 Å². The van der Waals surface area contributed by atoms with E-state index in [2.05, 4.69) is 172 Å². The van der Waals surface area contributed by atoms with Crippen LogP contribution < -0.4 is 0 Å². The molecule has 0 atom stereocenters. The van der Waals surface area contributed by atoms with Crippen molar-refractivity contribution in [1.29, 1.82) is 0 Å². The number of rotatable bonds is 16. The summed E-state index contributed by atoms with van der Waals surface area (Å²) in [7, 11) is 0. The zero-order valence-electron chi connectivity index (χ0n) is 30.7. The van der Waals surface area contributed by atoms with E-state index in [0.717, 1.165) is 51.4 Å². The highest BCUT2D eigenvalue weighted by molar-refractivity contribution is 5.50. The maximum Gasteiger partial charge on any atom is -0.0238 e. The second-order valence-corrected chi connectivity index (χ2v) is 13.4. The van der Waals surface area contributed by atoms with Gasteiger partial charge >= 0.3 is 0 Å². The third-order valence-corrected chi connectivity index (χ3v) is 9.60. The van der Waals surface area contributed by atoms with Gasteiger partial charge in [0.2, 0.25) is 0 Å². The lowest BCUT2D eigenvalue weighted by Gasteiger charge is -2.06. The van der Waals surface area contributed by atoms with E-state index in [1.165, 1.54) is 66.8 Å². The van der Waals surface area contributed by atoms with Crippen molar-refractivity contribution < 1.29 is 0 Å². The van der Waals surface area contributed by atoms with Gasteiger partial charge in [-0.25, -0.2) is 0 Å². The summed E-state index contributed by atoms with van der Waals surface area (Å²) in [6.45, 7) is 15.4. The summed E-state index contributed by atoms with van der Waals surface area (Å²) >= 11 is 0. The molecular formula is C52H52. The van der Waals surface area contributed by atoms with Gasteiger partial charge in [-0.15, -0.1) is 0 Å². The Bertz CT molecular complexity index is 1740. The van der Waals surface area contributed by atoms with Gasteiger partial charge in [0, 0.05) is 0 Å². The minimum Gasteiger partial charge on any atom is -0.0985 e. The first-order valence-electron chi connectivity index (χ1n) is 18.5. The van der Waals surface area contributed by atoms with E-state index < -0.39 is 0 Å². The first-order valence-corrected chi connectivity index (χ1v) is 18.5. The molecule has 0 aliphatic rings. The molecule has 6 aromatic rings. The number of hydrogen-bond donors (Lipinski definition) is 0. The molecule has 0 aliphatic heterocycles. The second kappa shape index (κ2) is 20.2.